The zero-order valence-electron chi connectivity index (χ0n) is 17.6. The molecule has 14 heteroatoms. The number of sulfonamides is 1. The zero-order chi connectivity index (χ0) is 22.3. The smallest absolute Gasteiger partial charge is 0.369 e. The molecule has 5 rings (SSSR count). The molecule has 1 aromatic carbocycles. The van der Waals surface area contributed by atoms with E-state index in [9.17, 15) is 12.6 Å². The highest BCUT2D eigenvalue weighted by molar-refractivity contribution is 7.90. The van der Waals surface area contributed by atoms with Gasteiger partial charge in [0.1, 0.15) is 11.2 Å². The lowest BCUT2D eigenvalue weighted by Gasteiger charge is -2.54. The molecule has 3 aliphatic rings. The average molecular weight is 482 g/mol. The van der Waals surface area contributed by atoms with Crippen molar-refractivity contribution in [3.8, 4) is 11.4 Å². The van der Waals surface area contributed by atoms with Crippen molar-refractivity contribution in [1.29, 1.82) is 0 Å². The summed E-state index contributed by atoms with van der Waals surface area (Å²) in [4.78, 5) is 4.31. The number of anilines is 1. The van der Waals surface area contributed by atoms with Crippen molar-refractivity contribution in [1.82, 2.24) is 35.6 Å². The van der Waals surface area contributed by atoms with Gasteiger partial charge in [-0.05, 0) is 42.6 Å². The molecule has 1 aromatic heterocycles. The van der Waals surface area contributed by atoms with E-state index >= 15 is 0 Å². The Labute approximate surface area is 189 Å². The first kappa shape index (κ1) is 21.7. The van der Waals surface area contributed by atoms with Crippen molar-refractivity contribution < 1.29 is 17.4 Å². The number of H-pyrrole nitrogens is 1. The number of rotatable bonds is 6. The fraction of sp³-hybridized carbons (Fsp3) is 0.611. The SMILES string of the molecule is CN1CCOC2(C1)CN(c1ccc(S(=O)(=O)N[C@@H]3CCNC3)c([S+]=O)c1-c1nnn[nH]1)C2. The van der Waals surface area contributed by atoms with Crippen LogP contribution in [0.5, 0.6) is 0 Å². The maximum Gasteiger partial charge on any atom is 0.507 e. The van der Waals surface area contributed by atoms with E-state index < -0.39 is 10.0 Å². The lowest BCUT2D eigenvalue weighted by atomic mass is 9.90. The Hall–Kier alpha value is -2.10. The molecule has 3 aliphatic heterocycles. The zero-order valence-corrected chi connectivity index (χ0v) is 19.2. The summed E-state index contributed by atoms with van der Waals surface area (Å²) in [6.07, 6.45) is 0.695. The minimum Gasteiger partial charge on any atom is -0.369 e. The molecule has 0 saturated carbocycles. The van der Waals surface area contributed by atoms with Gasteiger partial charge in [0.2, 0.25) is 10.0 Å². The van der Waals surface area contributed by atoms with Crippen LogP contribution in [0.3, 0.4) is 0 Å². The van der Waals surface area contributed by atoms with E-state index in [1.54, 1.807) is 6.07 Å². The maximum absolute atomic E-state index is 13.1. The first-order valence-electron chi connectivity index (χ1n) is 10.4. The van der Waals surface area contributed by atoms with Crippen molar-refractivity contribution >= 4 is 27.4 Å². The van der Waals surface area contributed by atoms with Crippen LogP contribution in [-0.4, -0.2) is 98.5 Å². The van der Waals surface area contributed by atoms with Crippen molar-refractivity contribution in [2.45, 2.75) is 27.9 Å². The van der Waals surface area contributed by atoms with Gasteiger partial charge in [0.05, 0.1) is 25.4 Å². The Bertz CT molecular complexity index is 1100. The number of likely N-dealkylation sites (N-methyl/N-ethyl adjacent to an activating group) is 1. The number of ether oxygens (including phenoxy) is 1. The molecule has 3 fully saturated rings. The molecule has 0 amide bonds. The second-order valence-corrected chi connectivity index (χ2v) is 10.8. The van der Waals surface area contributed by atoms with Crippen molar-refractivity contribution in [3.63, 3.8) is 0 Å². The van der Waals surface area contributed by atoms with E-state index in [0.29, 0.717) is 43.9 Å². The molecule has 1 atom stereocenters. The van der Waals surface area contributed by atoms with Crippen molar-refractivity contribution in [3.05, 3.63) is 12.1 Å². The summed E-state index contributed by atoms with van der Waals surface area (Å²) in [5.74, 6) is 0.251. The van der Waals surface area contributed by atoms with Gasteiger partial charge in [-0.25, -0.2) is 18.2 Å². The number of benzene rings is 1. The van der Waals surface area contributed by atoms with Crippen molar-refractivity contribution in [2.75, 3.05) is 57.8 Å². The Balaban J connectivity index is 1.52. The highest BCUT2D eigenvalue weighted by atomic mass is 32.2. The van der Waals surface area contributed by atoms with E-state index in [4.69, 9.17) is 4.74 Å². The third-order valence-corrected chi connectivity index (χ3v) is 8.46. The monoisotopic (exact) mass is 481 g/mol. The summed E-state index contributed by atoms with van der Waals surface area (Å²) in [5, 5.41) is 17.1. The number of nitrogens with zero attached hydrogens (tertiary/aromatic N) is 5. The van der Waals surface area contributed by atoms with Crippen LogP contribution < -0.4 is 14.9 Å². The molecule has 3 N–H and O–H groups in total. The fourth-order valence-electron chi connectivity index (χ4n) is 4.69. The van der Waals surface area contributed by atoms with Crippen molar-refractivity contribution in [2.24, 2.45) is 0 Å². The van der Waals surface area contributed by atoms with Crippen LogP contribution in [-0.2, 0) is 30.6 Å². The Morgan fingerprint density at radius 3 is 2.81 bits per heavy atom. The molecule has 0 unspecified atom stereocenters. The molecular weight excluding hydrogens is 456 g/mol. The van der Waals surface area contributed by atoms with Gasteiger partial charge in [-0.3, -0.25) is 0 Å². The number of aromatic nitrogens is 4. The third-order valence-electron chi connectivity index (χ3n) is 6.17. The minimum absolute atomic E-state index is 0.0663. The lowest BCUT2D eigenvalue weighted by Crippen LogP contribution is -2.70. The quantitative estimate of drug-likeness (QED) is 0.431. The maximum atomic E-state index is 13.1. The lowest BCUT2D eigenvalue weighted by molar-refractivity contribution is -0.117. The van der Waals surface area contributed by atoms with Gasteiger partial charge in [-0.15, -0.1) is 5.10 Å². The highest BCUT2D eigenvalue weighted by Crippen LogP contribution is 2.41. The van der Waals surface area contributed by atoms with Gasteiger partial charge < -0.3 is 19.9 Å². The van der Waals surface area contributed by atoms with E-state index in [1.165, 1.54) is 6.07 Å². The third kappa shape index (κ3) is 3.91. The van der Waals surface area contributed by atoms with Crippen LogP contribution in [0.15, 0.2) is 21.9 Å². The molecule has 32 heavy (non-hydrogen) atoms. The van der Waals surface area contributed by atoms with Crippen LogP contribution in [0, 0.1) is 0 Å². The first-order valence-corrected chi connectivity index (χ1v) is 12.6. The largest absolute Gasteiger partial charge is 0.507 e. The molecular formula is C18H25N8O4S2+. The van der Waals surface area contributed by atoms with Crippen LogP contribution in [0.1, 0.15) is 6.42 Å². The van der Waals surface area contributed by atoms with Gasteiger partial charge in [-0.2, -0.15) is 0 Å². The fourth-order valence-corrected chi connectivity index (χ4v) is 6.91. The predicted octanol–water partition coefficient (Wildman–Crippen LogP) is -1.19. The van der Waals surface area contributed by atoms with Crippen LogP contribution in [0.4, 0.5) is 5.69 Å². The van der Waals surface area contributed by atoms with Gasteiger partial charge in [0, 0.05) is 29.9 Å². The summed E-state index contributed by atoms with van der Waals surface area (Å²) >= 11 is 0.132. The number of morpholine rings is 1. The normalized spacial score (nSPS) is 23.4. The van der Waals surface area contributed by atoms with E-state index in [0.717, 1.165) is 19.6 Å². The molecule has 4 heterocycles. The predicted molar refractivity (Wildman–Crippen MR) is 116 cm³/mol. The van der Waals surface area contributed by atoms with E-state index in [2.05, 4.69) is 47.5 Å². The minimum atomic E-state index is -3.91. The number of aromatic amines is 1. The number of nitrogens with one attached hydrogen (secondary N) is 3. The molecule has 0 bridgehead atoms. The second-order valence-electron chi connectivity index (χ2n) is 8.56. The topological polar surface area (TPSA) is 145 Å². The molecule has 172 valence electrons. The number of hydrogen-bond acceptors (Lipinski definition) is 10. The molecule has 3 saturated heterocycles. The molecule has 1 spiro atoms. The average Bonchev–Trinajstić information content (AvgIpc) is 3.44. The van der Waals surface area contributed by atoms with Gasteiger partial charge >= 0.3 is 16.6 Å². The number of hydrogen-bond donors (Lipinski definition) is 3. The Kier molecular flexibility index (Phi) is 5.67. The van der Waals surface area contributed by atoms with Gasteiger partial charge in [0.25, 0.3) is 0 Å². The summed E-state index contributed by atoms with van der Waals surface area (Å²) in [7, 11) is -1.84. The Morgan fingerprint density at radius 2 is 2.16 bits per heavy atom. The van der Waals surface area contributed by atoms with Gasteiger partial charge in [0.15, 0.2) is 10.7 Å². The first-order chi connectivity index (χ1) is 15.4. The summed E-state index contributed by atoms with van der Waals surface area (Å²) in [6, 6.07) is 3.00. The molecule has 0 aliphatic carbocycles. The molecule has 12 nitrogen and oxygen atoms in total. The number of tetrazole rings is 1. The van der Waals surface area contributed by atoms with E-state index in [-0.39, 0.29) is 38.9 Å². The second kappa shape index (κ2) is 8.35. The van der Waals surface area contributed by atoms with E-state index in [1.807, 2.05) is 0 Å². The standard InChI is InChI=1S/C18H25N8O4S2/c1-25-6-7-30-18(9-25)10-26(11-18)13-2-3-14(32(28,29)22-12-4-5-19-8-12)16(31-27)15(13)17-20-23-24-21-17/h2-3,12,19,22H,4-11H2,1H3,(H,20,21,23,24)/q+1/t12-/m1/s1. The van der Waals surface area contributed by atoms with Crippen LogP contribution in [0.2, 0.25) is 0 Å². The highest BCUT2D eigenvalue weighted by Gasteiger charge is 2.48. The summed E-state index contributed by atoms with van der Waals surface area (Å²) in [5.41, 5.74) is 0.823. The summed E-state index contributed by atoms with van der Waals surface area (Å²) in [6.45, 7) is 4.95. The summed E-state index contributed by atoms with van der Waals surface area (Å²) < 4.78 is 47.3. The molecule has 0 radical (unpaired) electrons. The Morgan fingerprint density at radius 1 is 1.31 bits per heavy atom. The van der Waals surface area contributed by atoms with Gasteiger partial charge in [-0.1, -0.05) is 0 Å². The van der Waals surface area contributed by atoms with Crippen LogP contribution >= 0.6 is 0 Å². The molecule has 2 aromatic rings. The van der Waals surface area contributed by atoms with Crippen LogP contribution in [0.25, 0.3) is 11.4 Å².